The van der Waals surface area contributed by atoms with Crippen LogP contribution in [0, 0.1) is 5.92 Å². The number of hydrogen-bond acceptors (Lipinski definition) is 6. The number of methoxy groups -OCH3 is 1. The SMILES string of the molecule is CCCNc1nc(Cl)nc(N2CCC(C)C(OC)C2)n1. The number of ether oxygens (including phenoxy) is 1. The zero-order valence-electron chi connectivity index (χ0n) is 12.3. The first-order valence-electron chi connectivity index (χ1n) is 7.07. The number of rotatable bonds is 5. The quantitative estimate of drug-likeness (QED) is 0.899. The molecule has 1 N–H and O–H groups in total. The van der Waals surface area contributed by atoms with E-state index in [0.29, 0.717) is 17.8 Å². The molecule has 1 aromatic rings. The van der Waals surface area contributed by atoms with Crippen molar-refractivity contribution in [1.82, 2.24) is 15.0 Å². The van der Waals surface area contributed by atoms with Crippen molar-refractivity contribution in [3.05, 3.63) is 5.28 Å². The van der Waals surface area contributed by atoms with E-state index in [0.717, 1.165) is 32.5 Å². The van der Waals surface area contributed by atoms with E-state index in [1.54, 1.807) is 7.11 Å². The molecule has 1 fully saturated rings. The molecule has 2 unspecified atom stereocenters. The summed E-state index contributed by atoms with van der Waals surface area (Å²) in [5, 5.41) is 3.37. The molecule has 0 aromatic carbocycles. The molecule has 7 heteroatoms. The lowest BCUT2D eigenvalue weighted by Crippen LogP contribution is -2.44. The van der Waals surface area contributed by atoms with Crippen molar-refractivity contribution in [2.75, 3.05) is 37.0 Å². The normalized spacial score (nSPS) is 22.9. The second kappa shape index (κ2) is 7.04. The minimum atomic E-state index is 0.200. The van der Waals surface area contributed by atoms with Gasteiger partial charge in [0.25, 0.3) is 0 Å². The molecule has 2 atom stereocenters. The Labute approximate surface area is 124 Å². The summed E-state index contributed by atoms with van der Waals surface area (Å²) in [5.41, 5.74) is 0. The van der Waals surface area contributed by atoms with Crippen molar-refractivity contribution in [1.29, 1.82) is 0 Å². The van der Waals surface area contributed by atoms with E-state index in [9.17, 15) is 0 Å². The molecule has 2 heterocycles. The van der Waals surface area contributed by atoms with Gasteiger partial charge in [0.1, 0.15) is 0 Å². The van der Waals surface area contributed by atoms with Crippen molar-refractivity contribution in [3.63, 3.8) is 0 Å². The van der Waals surface area contributed by atoms with Gasteiger partial charge in [-0.1, -0.05) is 13.8 Å². The van der Waals surface area contributed by atoms with Crippen LogP contribution in [-0.2, 0) is 4.74 Å². The van der Waals surface area contributed by atoms with E-state index >= 15 is 0 Å². The maximum Gasteiger partial charge on any atom is 0.231 e. The fourth-order valence-corrected chi connectivity index (χ4v) is 2.47. The molecule has 1 saturated heterocycles. The molecule has 1 aromatic heterocycles. The maximum absolute atomic E-state index is 5.99. The lowest BCUT2D eigenvalue weighted by molar-refractivity contribution is 0.0494. The van der Waals surface area contributed by atoms with E-state index in [4.69, 9.17) is 16.3 Å². The van der Waals surface area contributed by atoms with Gasteiger partial charge in [-0.2, -0.15) is 15.0 Å². The van der Waals surface area contributed by atoms with Crippen molar-refractivity contribution < 1.29 is 4.74 Å². The van der Waals surface area contributed by atoms with Crippen LogP contribution in [-0.4, -0.2) is 47.8 Å². The van der Waals surface area contributed by atoms with E-state index in [1.165, 1.54) is 0 Å². The van der Waals surface area contributed by atoms with E-state index in [1.807, 2.05) is 0 Å². The van der Waals surface area contributed by atoms with Crippen LogP contribution in [0.2, 0.25) is 5.28 Å². The molecule has 0 aliphatic carbocycles. The lowest BCUT2D eigenvalue weighted by Gasteiger charge is -2.36. The molecule has 0 amide bonds. The van der Waals surface area contributed by atoms with Gasteiger partial charge in [0, 0.05) is 26.7 Å². The molecule has 0 bridgehead atoms. The first-order chi connectivity index (χ1) is 9.63. The summed E-state index contributed by atoms with van der Waals surface area (Å²) in [6.07, 6.45) is 2.26. The second-order valence-corrected chi connectivity index (χ2v) is 5.48. The fraction of sp³-hybridized carbons (Fsp3) is 0.769. The summed E-state index contributed by atoms with van der Waals surface area (Å²) in [6, 6.07) is 0. The Hall–Kier alpha value is -1.14. The second-order valence-electron chi connectivity index (χ2n) is 5.14. The van der Waals surface area contributed by atoms with Gasteiger partial charge in [-0.3, -0.25) is 0 Å². The highest BCUT2D eigenvalue weighted by atomic mass is 35.5. The largest absolute Gasteiger partial charge is 0.379 e. The van der Waals surface area contributed by atoms with Crippen molar-refractivity contribution in [3.8, 4) is 0 Å². The highest BCUT2D eigenvalue weighted by Crippen LogP contribution is 2.23. The summed E-state index contributed by atoms with van der Waals surface area (Å²) in [6.45, 7) is 6.81. The van der Waals surface area contributed by atoms with Crippen LogP contribution in [0.4, 0.5) is 11.9 Å². The minimum absolute atomic E-state index is 0.200. The van der Waals surface area contributed by atoms with Crippen LogP contribution < -0.4 is 10.2 Å². The maximum atomic E-state index is 5.99. The number of piperidine rings is 1. The Morgan fingerprint density at radius 2 is 2.20 bits per heavy atom. The topological polar surface area (TPSA) is 63.2 Å². The zero-order chi connectivity index (χ0) is 14.5. The molecular formula is C13H22ClN5O. The van der Waals surface area contributed by atoms with Crippen LogP contribution in [0.1, 0.15) is 26.7 Å². The molecule has 1 aliphatic heterocycles. The third-order valence-corrected chi connectivity index (χ3v) is 3.77. The lowest BCUT2D eigenvalue weighted by atomic mass is 9.96. The molecule has 6 nitrogen and oxygen atoms in total. The Bertz CT molecular complexity index is 445. The van der Waals surface area contributed by atoms with Crippen LogP contribution in [0.15, 0.2) is 0 Å². The molecule has 0 saturated carbocycles. The number of halogens is 1. The summed E-state index contributed by atoms with van der Waals surface area (Å²) in [4.78, 5) is 14.9. The average Bonchev–Trinajstić information content (AvgIpc) is 2.45. The van der Waals surface area contributed by atoms with Crippen molar-refractivity contribution in [2.24, 2.45) is 5.92 Å². The number of nitrogens with zero attached hydrogens (tertiary/aromatic N) is 4. The minimum Gasteiger partial charge on any atom is -0.379 e. The predicted octanol–water partition coefficient (Wildman–Crippen LogP) is 2.21. The Morgan fingerprint density at radius 3 is 2.90 bits per heavy atom. The molecule has 20 heavy (non-hydrogen) atoms. The molecule has 112 valence electrons. The van der Waals surface area contributed by atoms with Gasteiger partial charge < -0.3 is 15.0 Å². The highest BCUT2D eigenvalue weighted by Gasteiger charge is 2.27. The van der Waals surface area contributed by atoms with E-state index in [2.05, 4.69) is 39.0 Å². The predicted molar refractivity (Wildman–Crippen MR) is 80.4 cm³/mol. The van der Waals surface area contributed by atoms with Gasteiger partial charge in [-0.25, -0.2) is 0 Å². The Balaban J connectivity index is 2.13. The monoisotopic (exact) mass is 299 g/mol. The first kappa shape index (κ1) is 15.3. The number of hydrogen-bond donors (Lipinski definition) is 1. The summed E-state index contributed by atoms with van der Waals surface area (Å²) < 4.78 is 5.52. The van der Waals surface area contributed by atoms with Gasteiger partial charge in [0.15, 0.2) is 0 Å². The van der Waals surface area contributed by atoms with Crippen molar-refractivity contribution in [2.45, 2.75) is 32.8 Å². The zero-order valence-corrected chi connectivity index (χ0v) is 13.0. The average molecular weight is 300 g/mol. The van der Waals surface area contributed by atoms with Crippen LogP contribution in [0.3, 0.4) is 0 Å². The summed E-state index contributed by atoms with van der Waals surface area (Å²) >= 11 is 5.99. The van der Waals surface area contributed by atoms with Gasteiger partial charge in [0.2, 0.25) is 17.2 Å². The third-order valence-electron chi connectivity index (χ3n) is 3.60. The van der Waals surface area contributed by atoms with Crippen LogP contribution in [0.25, 0.3) is 0 Å². The summed E-state index contributed by atoms with van der Waals surface area (Å²) in [5.74, 6) is 1.71. The number of aromatic nitrogens is 3. The van der Waals surface area contributed by atoms with Gasteiger partial charge in [0.05, 0.1) is 6.10 Å². The summed E-state index contributed by atoms with van der Waals surface area (Å²) in [7, 11) is 1.75. The Kier molecular flexibility index (Phi) is 5.37. The Morgan fingerprint density at radius 1 is 1.40 bits per heavy atom. The standard InChI is InChI=1S/C13H22ClN5O/c1-4-6-15-12-16-11(14)17-13(18-12)19-7-5-9(2)10(8-19)20-3/h9-10H,4-8H2,1-3H3,(H,15,16,17,18). The molecule has 0 spiro atoms. The van der Waals surface area contributed by atoms with Crippen LogP contribution in [0.5, 0.6) is 0 Å². The van der Waals surface area contributed by atoms with Gasteiger partial charge >= 0.3 is 0 Å². The van der Waals surface area contributed by atoms with Crippen LogP contribution >= 0.6 is 11.6 Å². The molecule has 1 aliphatic rings. The third kappa shape index (κ3) is 3.70. The first-order valence-corrected chi connectivity index (χ1v) is 7.45. The smallest absolute Gasteiger partial charge is 0.231 e. The molecule has 0 radical (unpaired) electrons. The fourth-order valence-electron chi connectivity index (χ4n) is 2.32. The molecule has 2 rings (SSSR count). The van der Waals surface area contributed by atoms with Gasteiger partial charge in [-0.15, -0.1) is 0 Å². The number of nitrogens with one attached hydrogen (secondary N) is 1. The van der Waals surface area contributed by atoms with Crippen molar-refractivity contribution >= 4 is 23.5 Å². The van der Waals surface area contributed by atoms with Gasteiger partial charge in [-0.05, 0) is 30.4 Å². The highest BCUT2D eigenvalue weighted by molar-refractivity contribution is 6.28. The van der Waals surface area contributed by atoms with E-state index in [-0.39, 0.29) is 11.4 Å². The number of anilines is 2. The molecular weight excluding hydrogens is 278 g/mol. The van der Waals surface area contributed by atoms with E-state index < -0.39 is 0 Å².